The molecular formula is C30H37F3N4O3S. The van der Waals surface area contributed by atoms with Gasteiger partial charge < -0.3 is 14.9 Å². The number of nitrogens with zero attached hydrogens (tertiary/aromatic N) is 2. The first-order valence-electron chi connectivity index (χ1n) is 14.1. The molecule has 222 valence electrons. The molecule has 1 aromatic carbocycles. The molecule has 3 heterocycles. The Morgan fingerprint density at radius 1 is 1.17 bits per heavy atom. The minimum absolute atomic E-state index is 0.133. The topological polar surface area (TPSA) is 79.4 Å². The number of benzene rings is 1. The maximum atomic E-state index is 13.6. The lowest BCUT2D eigenvalue weighted by atomic mass is 9.80. The van der Waals surface area contributed by atoms with Crippen LogP contribution in [0.5, 0.6) is 0 Å². The number of para-hydroxylation sites is 1. The van der Waals surface area contributed by atoms with Crippen molar-refractivity contribution in [3.8, 4) is 0 Å². The molecule has 1 atom stereocenters. The van der Waals surface area contributed by atoms with Gasteiger partial charge in [0.2, 0.25) is 0 Å². The first kappa shape index (κ1) is 29.7. The average Bonchev–Trinajstić information content (AvgIpc) is 3.20. The lowest BCUT2D eigenvalue weighted by Gasteiger charge is -2.46. The second kappa shape index (κ2) is 11.9. The van der Waals surface area contributed by atoms with E-state index >= 15 is 0 Å². The van der Waals surface area contributed by atoms with Gasteiger partial charge in [0.1, 0.15) is 0 Å². The van der Waals surface area contributed by atoms with Crippen LogP contribution in [0.25, 0.3) is 10.9 Å². The zero-order valence-electron chi connectivity index (χ0n) is 23.8. The third-order valence-electron chi connectivity index (χ3n) is 8.78. The Labute approximate surface area is 241 Å². The predicted octanol–water partition coefficient (Wildman–Crippen LogP) is 5.94. The molecule has 2 fully saturated rings. The van der Waals surface area contributed by atoms with Gasteiger partial charge in [0, 0.05) is 64.5 Å². The zero-order valence-corrected chi connectivity index (χ0v) is 24.6. The summed E-state index contributed by atoms with van der Waals surface area (Å²) < 4.78 is 43.9. The van der Waals surface area contributed by atoms with Crippen molar-refractivity contribution in [2.45, 2.75) is 82.4 Å². The van der Waals surface area contributed by atoms with E-state index in [1.807, 2.05) is 50.4 Å². The number of amides is 1. The molecule has 2 aliphatic rings. The first-order chi connectivity index (χ1) is 19.5. The number of alkyl halides is 3. The summed E-state index contributed by atoms with van der Waals surface area (Å²) in [5.41, 5.74) is 3.63. The quantitative estimate of drug-likeness (QED) is 0.318. The molecule has 2 aromatic heterocycles. The summed E-state index contributed by atoms with van der Waals surface area (Å²) in [6.45, 7) is 6.80. The summed E-state index contributed by atoms with van der Waals surface area (Å²) in [6.07, 6.45) is 0.371. The fourth-order valence-corrected chi connectivity index (χ4v) is 7.39. The third kappa shape index (κ3) is 6.22. The van der Waals surface area contributed by atoms with Gasteiger partial charge in [-0.1, -0.05) is 18.2 Å². The Bertz CT molecular complexity index is 1470. The van der Waals surface area contributed by atoms with E-state index < -0.39 is 12.5 Å². The second-order valence-electron chi connectivity index (χ2n) is 11.3. The molecule has 41 heavy (non-hydrogen) atoms. The number of rotatable bonds is 8. The maximum absolute atomic E-state index is 13.6. The average molecular weight is 591 g/mol. The van der Waals surface area contributed by atoms with Crippen LogP contribution in [-0.4, -0.2) is 58.2 Å². The van der Waals surface area contributed by atoms with E-state index in [4.69, 9.17) is 0 Å². The van der Waals surface area contributed by atoms with Crippen molar-refractivity contribution in [1.29, 1.82) is 0 Å². The van der Waals surface area contributed by atoms with Crippen molar-refractivity contribution < 1.29 is 22.7 Å². The number of likely N-dealkylation sites (tertiary alicyclic amines) is 1. The maximum Gasteiger partial charge on any atom is 0.522 e. The largest absolute Gasteiger partial charge is 0.522 e. The fourth-order valence-electron chi connectivity index (χ4n) is 6.69. The molecule has 0 spiro atoms. The van der Waals surface area contributed by atoms with E-state index in [1.54, 1.807) is 0 Å². The lowest BCUT2D eigenvalue weighted by Crippen LogP contribution is -2.58. The minimum Gasteiger partial charge on any atom is -0.348 e. The Hall–Kier alpha value is -2.76. The number of nitrogens with one attached hydrogen (secondary N) is 2. The van der Waals surface area contributed by atoms with E-state index in [0.717, 1.165) is 52.9 Å². The summed E-state index contributed by atoms with van der Waals surface area (Å²) in [4.78, 5) is 32.0. The minimum atomic E-state index is -4.58. The molecule has 0 bridgehead atoms. The third-order valence-corrected chi connectivity index (χ3v) is 9.59. The zero-order chi connectivity index (χ0) is 29.5. The standard InChI is InChI=1S/C30H37F3N4O3S/c1-17-13-26(41-4)24(28(38)35-17)14-34-29(39)27-19(3)37(25-8-6-5-7-23(25)27)18(2)20-9-11-21(12-10-20)36-15-22(16-36)40-30(31,32)33/h5-8,13,18,20-22H,9-12,14-16H2,1-4H3,(H,34,39)(H,35,38). The number of pyridine rings is 1. The summed E-state index contributed by atoms with van der Waals surface area (Å²) in [7, 11) is 0. The first-order valence-corrected chi connectivity index (χ1v) is 15.3. The number of fused-ring (bicyclic) bond motifs is 1. The number of aromatic amines is 1. The summed E-state index contributed by atoms with van der Waals surface area (Å²) in [5, 5.41) is 3.87. The number of ether oxygens (including phenoxy) is 1. The molecule has 1 aliphatic carbocycles. The van der Waals surface area contributed by atoms with Crippen LogP contribution in [0.1, 0.15) is 66.0 Å². The summed E-state index contributed by atoms with van der Waals surface area (Å²) in [6, 6.07) is 10.2. The van der Waals surface area contributed by atoms with Gasteiger partial charge in [0.15, 0.2) is 0 Å². The lowest BCUT2D eigenvalue weighted by molar-refractivity contribution is -0.356. The SMILES string of the molecule is CSc1cc(C)[nH]c(=O)c1CNC(=O)c1c(C)n(C(C)C2CCC(N3CC(OC(F)(F)F)C3)CC2)c2ccccc12. The van der Waals surface area contributed by atoms with Crippen molar-refractivity contribution in [3.63, 3.8) is 0 Å². The van der Waals surface area contributed by atoms with Crippen molar-refractivity contribution in [1.82, 2.24) is 19.8 Å². The molecule has 0 radical (unpaired) electrons. The summed E-state index contributed by atoms with van der Waals surface area (Å²) in [5.74, 6) is 0.171. The molecule has 1 unspecified atom stereocenters. The number of halogens is 3. The molecule has 1 saturated heterocycles. The van der Waals surface area contributed by atoms with Gasteiger partial charge >= 0.3 is 6.36 Å². The Morgan fingerprint density at radius 3 is 2.51 bits per heavy atom. The van der Waals surface area contributed by atoms with Gasteiger partial charge in [-0.25, -0.2) is 0 Å². The normalized spacial score (nSPS) is 21.1. The molecule has 2 N–H and O–H groups in total. The number of hydrogen-bond acceptors (Lipinski definition) is 5. The number of thioether (sulfide) groups is 1. The van der Waals surface area contributed by atoms with Crippen LogP contribution < -0.4 is 10.9 Å². The highest BCUT2D eigenvalue weighted by Gasteiger charge is 2.42. The van der Waals surface area contributed by atoms with Crippen LogP contribution in [0.3, 0.4) is 0 Å². The van der Waals surface area contributed by atoms with Gasteiger partial charge in [-0.3, -0.25) is 19.2 Å². The van der Waals surface area contributed by atoms with Gasteiger partial charge in [-0.2, -0.15) is 0 Å². The number of carbonyl (C=O) groups excluding carboxylic acids is 1. The van der Waals surface area contributed by atoms with Crippen LogP contribution in [0, 0.1) is 19.8 Å². The summed E-state index contributed by atoms with van der Waals surface area (Å²) >= 11 is 1.48. The van der Waals surface area contributed by atoms with E-state index in [0.29, 0.717) is 30.1 Å². The molecule has 1 aliphatic heterocycles. The number of H-pyrrole nitrogens is 1. The molecule has 5 rings (SSSR count). The highest BCUT2D eigenvalue weighted by Crippen LogP contribution is 2.40. The number of carbonyl (C=O) groups is 1. The highest BCUT2D eigenvalue weighted by molar-refractivity contribution is 7.98. The molecule has 1 amide bonds. The van der Waals surface area contributed by atoms with Crippen molar-refractivity contribution >= 4 is 28.6 Å². The predicted molar refractivity (Wildman–Crippen MR) is 154 cm³/mol. The van der Waals surface area contributed by atoms with Crippen molar-refractivity contribution in [2.75, 3.05) is 19.3 Å². The van der Waals surface area contributed by atoms with Crippen LogP contribution in [0.4, 0.5) is 13.2 Å². The van der Waals surface area contributed by atoms with E-state index in [2.05, 4.69) is 31.4 Å². The van der Waals surface area contributed by atoms with E-state index in [1.165, 1.54) is 11.8 Å². The Morgan fingerprint density at radius 2 is 1.85 bits per heavy atom. The molecular weight excluding hydrogens is 553 g/mol. The van der Waals surface area contributed by atoms with Crippen molar-refractivity contribution in [3.05, 3.63) is 63.2 Å². The van der Waals surface area contributed by atoms with E-state index in [-0.39, 0.29) is 30.1 Å². The van der Waals surface area contributed by atoms with Crippen LogP contribution in [0.2, 0.25) is 0 Å². The smallest absolute Gasteiger partial charge is 0.348 e. The Balaban J connectivity index is 1.29. The van der Waals surface area contributed by atoms with Gasteiger partial charge in [-0.15, -0.1) is 24.9 Å². The molecule has 3 aromatic rings. The molecule has 11 heteroatoms. The monoisotopic (exact) mass is 590 g/mol. The van der Waals surface area contributed by atoms with Crippen LogP contribution >= 0.6 is 11.8 Å². The molecule has 1 saturated carbocycles. The highest BCUT2D eigenvalue weighted by atomic mass is 32.2. The number of aromatic nitrogens is 2. The van der Waals surface area contributed by atoms with Gasteiger partial charge in [0.25, 0.3) is 11.5 Å². The van der Waals surface area contributed by atoms with Gasteiger partial charge in [0.05, 0.1) is 11.7 Å². The number of aryl methyl sites for hydroxylation is 1. The molecule has 7 nitrogen and oxygen atoms in total. The van der Waals surface area contributed by atoms with Crippen LogP contribution in [-0.2, 0) is 11.3 Å². The van der Waals surface area contributed by atoms with Gasteiger partial charge in [-0.05, 0) is 70.8 Å². The van der Waals surface area contributed by atoms with Crippen LogP contribution in [0.15, 0.2) is 40.0 Å². The van der Waals surface area contributed by atoms with Crippen molar-refractivity contribution in [2.24, 2.45) is 5.92 Å². The second-order valence-corrected chi connectivity index (χ2v) is 12.2. The van der Waals surface area contributed by atoms with E-state index in [9.17, 15) is 22.8 Å². The fraction of sp³-hybridized carbons (Fsp3) is 0.533. The number of hydrogen-bond donors (Lipinski definition) is 2. The Kier molecular flexibility index (Phi) is 8.59.